The lowest BCUT2D eigenvalue weighted by atomic mass is 10.4. The Labute approximate surface area is 119 Å². The van der Waals surface area contributed by atoms with Crippen molar-refractivity contribution in [2.75, 3.05) is 25.4 Å². The number of aromatic nitrogens is 1. The topological polar surface area (TPSA) is 71.1 Å². The molecule has 0 unspecified atom stereocenters. The predicted octanol–water partition coefficient (Wildman–Crippen LogP) is 1.30. The van der Waals surface area contributed by atoms with Crippen molar-refractivity contribution in [1.29, 1.82) is 0 Å². The Morgan fingerprint density at radius 3 is 2.74 bits per heavy atom. The van der Waals surface area contributed by atoms with Crippen molar-refractivity contribution in [2.45, 2.75) is 33.1 Å². The van der Waals surface area contributed by atoms with Gasteiger partial charge in [0.05, 0.1) is 10.8 Å². The lowest BCUT2D eigenvalue weighted by Gasteiger charge is -2.06. The Bertz CT molecular complexity index is 457. The average molecular weight is 305 g/mol. The first-order chi connectivity index (χ1) is 9.03. The maximum Gasteiger partial charge on any atom is 0.211 e. The van der Waals surface area contributed by atoms with Gasteiger partial charge in [-0.05, 0) is 32.9 Å². The molecule has 0 aliphatic heterocycles. The molecule has 110 valence electrons. The Balaban J connectivity index is 2.16. The molecule has 0 aliphatic carbocycles. The van der Waals surface area contributed by atoms with Crippen LogP contribution in [0.25, 0.3) is 0 Å². The van der Waals surface area contributed by atoms with E-state index in [2.05, 4.69) is 21.9 Å². The first kappa shape index (κ1) is 16.6. The SMILES string of the molecule is CCCNCCCS(=O)(=O)NCCc1nc(C)cs1. The second-order valence-electron chi connectivity index (χ2n) is 4.45. The molecule has 0 spiro atoms. The fraction of sp³-hybridized carbons (Fsp3) is 0.750. The van der Waals surface area contributed by atoms with E-state index in [-0.39, 0.29) is 5.75 Å². The Morgan fingerprint density at radius 1 is 1.32 bits per heavy atom. The third-order valence-corrected chi connectivity index (χ3v) is 5.02. The van der Waals surface area contributed by atoms with Crippen LogP contribution in [0, 0.1) is 6.92 Å². The van der Waals surface area contributed by atoms with Crippen LogP contribution >= 0.6 is 11.3 Å². The normalized spacial score (nSPS) is 11.9. The summed E-state index contributed by atoms with van der Waals surface area (Å²) in [5.74, 6) is 0.181. The summed E-state index contributed by atoms with van der Waals surface area (Å²) >= 11 is 1.57. The third-order valence-electron chi connectivity index (χ3n) is 2.52. The van der Waals surface area contributed by atoms with E-state index in [0.29, 0.717) is 19.4 Å². The highest BCUT2D eigenvalue weighted by atomic mass is 32.2. The van der Waals surface area contributed by atoms with Crippen LogP contribution in [-0.4, -0.2) is 38.8 Å². The van der Waals surface area contributed by atoms with Crippen LogP contribution in [0.2, 0.25) is 0 Å². The number of sulfonamides is 1. The molecule has 1 aromatic heterocycles. The minimum atomic E-state index is -3.15. The van der Waals surface area contributed by atoms with Crippen LogP contribution < -0.4 is 10.0 Å². The van der Waals surface area contributed by atoms with E-state index in [9.17, 15) is 8.42 Å². The molecular weight excluding hydrogens is 282 g/mol. The zero-order valence-electron chi connectivity index (χ0n) is 11.6. The van der Waals surface area contributed by atoms with Crippen LogP contribution in [0.1, 0.15) is 30.5 Å². The standard InChI is InChI=1S/C12H23N3O2S2/c1-3-6-13-7-4-9-19(16,17)14-8-5-12-15-11(2)10-18-12/h10,13-14H,3-9H2,1-2H3. The lowest BCUT2D eigenvalue weighted by molar-refractivity contribution is 0.574. The summed E-state index contributed by atoms with van der Waals surface area (Å²) in [6.45, 7) is 6.15. The monoisotopic (exact) mass is 305 g/mol. The van der Waals surface area contributed by atoms with Gasteiger partial charge in [0.25, 0.3) is 0 Å². The predicted molar refractivity (Wildman–Crippen MR) is 80.1 cm³/mol. The maximum absolute atomic E-state index is 11.7. The number of aryl methyl sites for hydroxylation is 1. The zero-order chi connectivity index (χ0) is 14.1. The van der Waals surface area contributed by atoms with Gasteiger partial charge in [-0.3, -0.25) is 0 Å². The fourth-order valence-electron chi connectivity index (χ4n) is 1.59. The number of hydrogen-bond acceptors (Lipinski definition) is 5. The quantitative estimate of drug-likeness (QED) is 0.639. The molecule has 0 amide bonds. The molecule has 0 atom stereocenters. The van der Waals surface area contributed by atoms with E-state index >= 15 is 0 Å². The number of thiazole rings is 1. The molecule has 5 nitrogen and oxygen atoms in total. The number of nitrogens with one attached hydrogen (secondary N) is 2. The van der Waals surface area contributed by atoms with Gasteiger partial charge >= 0.3 is 0 Å². The molecule has 0 bridgehead atoms. The van der Waals surface area contributed by atoms with Gasteiger partial charge < -0.3 is 5.32 Å². The molecular formula is C12H23N3O2S2. The van der Waals surface area contributed by atoms with E-state index < -0.39 is 10.0 Å². The van der Waals surface area contributed by atoms with Crippen LogP contribution in [-0.2, 0) is 16.4 Å². The molecule has 1 aromatic rings. The molecule has 0 saturated heterocycles. The molecule has 0 aliphatic rings. The van der Waals surface area contributed by atoms with Gasteiger partial charge in [0.15, 0.2) is 0 Å². The number of nitrogens with zero attached hydrogens (tertiary/aromatic N) is 1. The van der Waals surface area contributed by atoms with E-state index in [4.69, 9.17) is 0 Å². The van der Waals surface area contributed by atoms with Crippen molar-refractivity contribution in [1.82, 2.24) is 15.0 Å². The van der Waals surface area contributed by atoms with Crippen molar-refractivity contribution >= 4 is 21.4 Å². The Hall–Kier alpha value is -0.500. The zero-order valence-corrected chi connectivity index (χ0v) is 13.2. The molecule has 0 saturated carbocycles. The van der Waals surface area contributed by atoms with Gasteiger partial charge in [-0.1, -0.05) is 6.92 Å². The summed E-state index contributed by atoms with van der Waals surface area (Å²) in [6.07, 6.45) is 2.37. The minimum absolute atomic E-state index is 0.181. The van der Waals surface area contributed by atoms with Gasteiger partial charge in [0, 0.05) is 24.0 Å². The second-order valence-corrected chi connectivity index (χ2v) is 7.32. The molecule has 1 heterocycles. The van der Waals surface area contributed by atoms with Gasteiger partial charge in [-0.25, -0.2) is 18.1 Å². The Morgan fingerprint density at radius 2 is 2.11 bits per heavy atom. The first-order valence-corrected chi connectivity index (χ1v) is 9.16. The molecule has 7 heteroatoms. The van der Waals surface area contributed by atoms with Crippen molar-refractivity contribution in [3.63, 3.8) is 0 Å². The highest BCUT2D eigenvalue weighted by Crippen LogP contribution is 2.08. The van der Waals surface area contributed by atoms with E-state index in [1.165, 1.54) is 0 Å². The van der Waals surface area contributed by atoms with Crippen molar-refractivity contribution in [2.24, 2.45) is 0 Å². The first-order valence-electron chi connectivity index (χ1n) is 6.62. The van der Waals surface area contributed by atoms with E-state index in [0.717, 1.165) is 30.2 Å². The largest absolute Gasteiger partial charge is 0.317 e. The molecule has 0 aromatic carbocycles. The van der Waals surface area contributed by atoms with Gasteiger partial charge in [0.2, 0.25) is 10.0 Å². The van der Waals surface area contributed by atoms with Crippen LogP contribution in [0.5, 0.6) is 0 Å². The summed E-state index contributed by atoms with van der Waals surface area (Å²) in [7, 11) is -3.15. The van der Waals surface area contributed by atoms with E-state index in [1.807, 2.05) is 12.3 Å². The minimum Gasteiger partial charge on any atom is -0.317 e. The highest BCUT2D eigenvalue weighted by Gasteiger charge is 2.09. The summed E-state index contributed by atoms with van der Waals surface area (Å²) < 4.78 is 26.0. The summed E-state index contributed by atoms with van der Waals surface area (Å²) in [5, 5.41) is 6.14. The lowest BCUT2D eigenvalue weighted by Crippen LogP contribution is -2.30. The summed E-state index contributed by atoms with van der Waals surface area (Å²) in [4.78, 5) is 4.30. The van der Waals surface area contributed by atoms with E-state index in [1.54, 1.807) is 11.3 Å². The second kappa shape index (κ2) is 8.63. The number of hydrogen-bond donors (Lipinski definition) is 2. The molecule has 1 rings (SSSR count). The fourth-order valence-corrected chi connectivity index (χ4v) is 3.45. The van der Waals surface area contributed by atoms with Crippen molar-refractivity contribution in [3.05, 3.63) is 16.1 Å². The smallest absolute Gasteiger partial charge is 0.211 e. The van der Waals surface area contributed by atoms with Crippen molar-refractivity contribution < 1.29 is 8.42 Å². The average Bonchev–Trinajstić information content (AvgIpc) is 2.74. The maximum atomic E-state index is 11.7. The Kier molecular flexibility index (Phi) is 7.52. The van der Waals surface area contributed by atoms with Crippen LogP contribution in [0.4, 0.5) is 0 Å². The van der Waals surface area contributed by atoms with Crippen LogP contribution in [0.3, 0.4) is 0 Å². The highest BCUT2D eigenvalue weighted by molar-refractivity contribution is 7.89. The van der Waals surface area contributed by atoms with Crippen molar-refractivity contribution in [3.8, 4) is 0 Å². The molecule has 0 fully saturated rings. The van der Waals surface area contributed by atoms with Crippen LogP contribution in [0.15, 0.2) is 5.38 Å². The number of rotatable bonds is 10. The van der Waals surface area contributed by atoms with Gasteiger partial charge in [-0.2, -0.15) is 0 Å². The molecule has 19 heavy (non-hydrogen) atoms. The summed E-state index contributed by atoms with van der Waals surface area (Å²) in [5.41, 5.74) is 0.991. The van der Waals surface area contributed by atoms with Gasteiger partial charge in [-0.15, -0.1) is 11.3 Å². The molecule has 0 radical (unpaired) electrons. The summed E-state index contributed by atoms with van der Waals surface area (Å²) in [6, 6.07) is 0. The van der Waals surface area contributed by atoms with Gasteiger partial charge in [0.1, 0.15) is 0 Å². The molecule has 2 N–H and O–H groups in total. The third kappa shape index (κ3) is 7.61.